The Kier molecular flexibility index (Phi) is 4.23. The van der Waals surface area contributed by atoms with E-state index in [0.717, 1.165) is 18.6 Å². The van der Waals surface area contributed by atoms with Gasteiger partial charge in [-0.25, -0.2) is 0 Å². The van der Waals surface area contributed by atoms with E-state index in [9.17, 15) is 9.59 Å². The second-order valence-corrected chi connectivity index (χ2v) is 5.39. The van der Waals surface area contributed by atoms with Crippen LogP contribution in [0, 0.1) is 0 Å². The second kappa shape index (κ2) is 6.47. The minimum atomic E-state index is -0.208. The van der Waals surface area contributed by atoms with Crippen molar-refractivity contribution in [2.45, 2.75) is 18.9 Å². The highest BCUT2D eigenvalue weighted by Gasteiger charge is 2.25. The molecule has 1 saturated heterocycles. The van der Waals surface area contributed by atoms with Crippen LogP contribution in [0.25, 0.3) is 0 Å². The van der Waals surface area contributed by atoms with Crippen molar-refractivity contribution in [3.05, 3.63) is 64.6 Å². The van der Waals surface area contributed by atoms with E-state index in [0.29, 0.717) is 18.7 Å². The summed E-state index contributed by atoms with van der Waals surface area (Å²) in [6.45, 7) is 1.28. The van der Waals surface area contributed by atoms with Crippen LogP contribution in [0.4, 0.5) is 0 Å². The van der Waals surface area contributed by atoms with Crippen molar-refractivity contribution in [3.63, 3.8) is 0 Å². The third kappa shape index (κ3) is 3.36. The standard InChI is InChI=1S/C17H18N2O3/c20-16-9-8-13(11-18-16)17(21)19-10-4-7-15(12-19)22-14-5-2-1-3-6-14/h1-3,5-6,8-9,11,15H,4,7,10,12H2,(H,18,20). The smallest absolute Gasteiger partial charge is 0.255 e. The van der Waals surface area contributed by atoms with E-state index in [2.05, 4.69) is 4.98 Å². The fourth-order valence-electron chi connectivity index (χ4n) is 2.64. The summed E-state index contributed by atoms with van der Waals surface area (Å²) in [7, 11) is 0. The SMILES string of the molecule is O=C(c1ccc(=O)[nH]c1)N1CCCC(Oc2ccccc2)C1. The Bertz CT molecular complexity index is 676. The molecule has 1 atom stereocenters. The lowest BCUT2D eigenvalue weighted by Gasteiger charge is -2.33. The Morgan fingerprint density at radius 3 is 2.73 bits per heavy atom. The number of hydrogen-bond acceptors (Lipinski definition) is 3. The molecule has 0 spiro atoms. The zero-order valence-electron chi connectivity index (χ0n) is 12.2. The number of hydrogen-bond donors (Lipinski definition) is 1. The highest BCUT2D eigenvalue weighted by Crippen LogP contribution is 2.19. The van der Waals surface area contributed by atoms with E-state index in [1.165, 1.54) is 12.3 Å². The van der Waals surface area contributed by atoms with Crippen molar-refractivity contribution in [2.24, 2.45) is 0 Å². The molecule has 0 radical (unpaired) electrons. The number of ether oxygens (including phenoxy) is 1. The summed E-state index contributed by atoms with van der Waals surface area (Å²) in [5, 5.41) is 0. The van der Waals surface area contributed by atoms with Gasteiger partial charge in [0, 0.05) is 18.8 Å². The summed E-state index contributed by atoms with van der Waals surface area (Å²) in [6, 6.07) is 12.6. The first kappa shape index (κ1) is 14.4. The van der Waals surface area contributed by atoms with Crippen LogP contribution in [0.15, 0.2) is 53.5 Å². The molecule has 2 aromatic rings. The summed E-state index contributed by atoms with van der Waals surface area (Å²) >= 11 is 0. The average molecular weight is 298 g/mol. The van der Waals surface area contributed by atoms with E-state index in [4.69, 9.17) is 4.74 Å². The lowest BCUT2D eigenvalue weighted by molar-refractivity contribution is 0.0537. The Morgan fingerprint density at radius 1 is 1.18 bits per heavy atom. The van der Waals surface area contributed by atoms with Gasteiger partial charge in [0.2, 0.25) is 5.56 Å². The van der Waals surface area contributed by atoms with Gasteiger partial charge < -0.3 is 14.6 Å². The number of likely N-dealkylation sites (tertiary alicyclic amines) is 1. The monoisotopic (exact) mass is 298 g/mol. The Morgan fingerprint density at radius 2 is 2.00 bits per heavy atom. The van der Waals surface area contributed by atoms with E-state index in [-0.39, 0.29) is 17.6 Å². The number of H-pyrrole nitrogens is 1. The molecule has 1 unspecified atom stereocenters. The summed E-state index contributed by atoms with van der Waals surface area (Å²) in [5.74, 6) is 0.753. The number of aromatic amines is 1. The van der Waals surface area contributed by atoms with E-state index < -0.39 is 0 Å². The molecule has 1 aliphatic rings. The molecule has 5 nitrogen and oxygen atoms in total. The normalized spacial score (nSPS) is 18.0. The van der Waals surface area contributed by atoms with Crippen LogP contribution in [0.1, 0.15) is 23.2 Å². The Labute approximate surface area is 128 Å². The number of aromatic nitrogens is 1. The van der Waals surface area contributed by atoms with Gasteiger partial charge in [0.05, 0.1) is 12.1 Å². The van der Waals surface area contributed by atoms with Gasteiger partial charge in [-0.2, -0.15) is 0 Å². The number of nitrogens with one attached hydrogen (secondary N) is 1. The third-order valence-corrected chi connectivity index (χ3v) is 3.74. The van der Waals surface area contributed by atoms with Crippen molar-refractivity contribution in [1.82, 2.24) is 9.88 Å². The number of rotatable bonds is 3. The molecule has 3 rings (SSSR count). The first-order chi connectivity index (χ1) is 10.7. The van der Waals surface area contributed by atoms with E-state index in [1.807, 2.05) is 30.3 Å². The van der Waals surface area contributed by atoms with Crippen LogP contribution in [0.3, 0.4) is 0 Å². The predicted molar refractivity (Wildman–Crippen MR) is 83.1 cm³/mol. The first-order valence-electron chi connectivity index (χ1n) is 7.42. The molecule has 0 aliphatic carbocycles. The maximum absolute atomic E-state index is 12.5. The van der Waals surface area contributed by atoms with Gasteiger partial charge in [-0.15, -0.1) is 0 Å². The van der Waals surface area contributed by atoms with Gasteiger partial charge in [0.15, 0.2) is 0 Å². The Hall–Kier alpha value is -2.56. The topological polar surface area (TPSA) is 62.4 Å². The van der Waals surface area contributed by atoms with Crippen molar-refractivity contribution in [3.8, 4) is 5.75 Å². The number of carbonyl (C=O) groups excluding carboxylic acids is 1. The van der Waals surface area contributed by atoms with Crippen molar-refractivity contribution in [2.75, 3.05) is 13.1 Å². The van der Waals surface area contributed by atoms with Gasteiger partial charge in [0.25, 0.3) is 5.91 Å². The minimum Gasteiger partial charge on any atom is -0.489 e. The minimum absolute atomic E-state index is 0.00265. The number of pyridine rings is 1. The van der Waals surface area contributed by atoms with E-state index >= 15 is 0 Å². The molecule has 1 amide bonds. The molecule has 0 saturated carbocycles. The molecule has 0 bridgehead atoms. The van der Waals surface area contributed by atoms with Crippen molar-refractivity contribution in [1.29, 1.82) is 0 Å². The van der Waals surface area contributed by atoms with Crippen LogP contribution in [-0.4, -0.2) is 35.0 Å². The van der Waals surface area contributed by atoms with Crippen LogP contribution < -0.4 is 10.3 Å². The van der Waals surface area contributed by atoms with Gasteiger partial charge in [-0.1, -0.05) is 18.2 Å². The fourth-order valence-corrected chi connectivity index (χ4v) is 2.64. The first-order valence-corrected chi connectivity index (χ1v) is 7.42. The molecule has 22 heavy (non-hydrogen) atoms. The van der Waals surface area contributed by atoms with Crippen LogP contribution in [0.2, 0.25) is 0 Å². The number of nitrogens with zero attached hydrogens (tertiary/aromatic N) is 1. The van der Waals surface area contributed by atoms with Crippen molar-refractivity contribution < 1.29 is 9.53 Å². The molecule has 5 heteroatoms. The fraction of sp³-hybridized carbons (Fsp3) is 0.294. The molecule has 1 fully saturated rings. The Balaban J connectivity index is 1.66. The quantitative estimate of drug-likeness (QED) is 0.943. The zero-order valence-corrected chi connectivity index (χ0v) is 12.2. The van der Waals surface area contributed by atoms with E-state index in [1.54, 1.807) is 11.0 Å². The summed E-state index contributed by atoms with van der Waals surface area (Å²) in [5.41, 5.74) is 0.292. The molecule has 1 aromatic heterocycles. The van der Waals surface area contributed by atoms with Gasteiger partial charge >= 0.3 is 0 Å². The number of amides is 1. The average Bonchev–Trinajstić information content (AvgIpc) is 2.56. The largest absolute Gasteiger partial charge is 0.489 e. The lowest BCUT2D eigenvalue weighted by Crippen LogP contribution is -2.44. The molecule has 2 heterocycles. The molecule has 1 aliphatic heterocycles. The number of carbonyl (C=O) groups is 1. The highest BCUT2D eigenvalue weighted by molar-refractivity contribution is 5.93. The number of para-hydroxylation sites is 1. The molecule has 1 N–H and O–H groups in total. The van der Waals surface area contributed by atoms with Crippen LogP contribution >= 0.6 is 0 Å². The maximum atomic E-state index is 12.5. The van der Waals surface area contributed by atoms with Crippen LogP contribution in [0.5, 0.6) is 5.75 Å². The maximum Gasteiger partial charge on any atom is 0.255 e. The number of benzene rings is 1. The predicted octanol–water partition coefficient (Wildman–Crippen LogP) is 2.06. The van der Waals surface area contributed by atoms with Crippen LogP contribution in [-0.2, 0) is 0 Å². The lowest BCUT2D eigenvalue weighted by atomic mass is 10.1. The zero-order chi connectivity index (χ0) is 15.4. The van der Waals surface area contributed by atoms with Gasteiger partial charge in [-0.05, 0) is 31.0 Å². The third-order valence-electron chi connectivity index (χ3n) is 3.74. The van der Waals surface area contributed by atoms with Gasteiger partial charge in [-0.3, -0.25) is 9.59 Å². The molecular weight excluding hydrogens is 280 g/mol. The number of piperidine rings is 1. The summed E-state index contributed by atoms with van der Waals surface area (Å²) in [6.07, 6.45) is 3.31. The highest BCUT2D eigenvalue weighted by atomic mass is 16.5. The van der Waals surface area contributed by atoms with Gasteiger partial charge in [0.1, 0.15) is 11.9 Å². The molecule has 114 valence electrons. The molecule has 1 aromatic carbocycles. The summed E-state index contributed by atoms with van der Waals surface area (Å²) < 4.78 is 5.94. The summed E-state index contributed by atoms with van der Waals surface area (Å²) in [4.78, 5) is 27.9. The van der Waals surface area contributed by atoms with Crippen molar-refractivity contribution >= 4 is 5.91 Å². The molecular formula is C17H18N2O3. The second-order valence-electron chi connectivity index (χ2n) is 5.39.